The van der Waals surface area contributed by atoms with Crippen molar-refractivity contribution in [3.8, 4) is 0 Å². The molecule has 0 aliphatic carbocycles. The second-order valence-electron chi connectivity index (χ2n) is 5.12. The van der Waals surface area contributed by atoms with Gasteiger partial charge in [0.2, 0.25) is 0 Å². The van der Waals surface area contributed by atoms with Gasteiger partial charge < -0.3 is 14.8 Å². The van der Waals surface area contributed by atoms with Crippen LogP contribution in [0.4, 0.5) is 10.2 Å². The Morgan fingerprint density at radius 2 is 1.85 bits per heavy atom. The standard InChI is InChI=1S/C14H15ClFN3O/c1-18-2-4-19(5-3-18)13-8-10-11(14(20)17-13)6-9(16)7-12(10)15/h6-8H,2-5H2,1H3,(H,17,20). The third kappa shape index (κ3) is 2.39. The van der Waals surface area contributed by atoms with Gasteiger partial charge in [0.05, 0.1) is 10.4 Å². The number of nitrogens with zero attached hydrogens (tertiary/aromatic N) is 2. The molecule has 1 aliphatic rings. The number of likely N-dealkylation sites (N-methyl/N-ethyl adjacent to an activating group) is 1. The fourth-order valence-electron chi connectivity index (χ4n) is 2.49. The van der Waals surface area contributed by atoms with Crippen LogP contribution in [0.2, 0.25) is 5.02 Å². The van der Waals surface area contributed by atoms with Crippen LogP contribution in [-0.2, 0) is 0 Å². The number of nitrogens with one attached hydrogen (secondary N) is 1. The minimum atomic E-state index is -0.500. The Bertz CT molecular complexity index is 707. The lowest BCUT2D eigenvalue weighted by Crippen LogP contribution is -2.45. The first-order chi connectivity index (χ1) is 9.54. The number of H-pyrrole nitrogens is 1. The molecule has 20 heavy (non-hydrogen) atoms. The van der Waals surface area contributed by atoms with Crippen molar-refractivity contribution < 1.29 is 4.39 Å². The van der Waals surface area contributed by atoms with E-state index in [1.807, 2.05) is 6.07 Å². The van der Waals surface area contributed by atoms with Crippen molar-refractivity contribution >= 4 is 28.2 Å². The van der Waals surface area contributed by atoms with Gasteiger partial charge in [-0.1, -0.05) is 11.6 Å². The number of rotatable bonds is 1. The van der Waals surface area contributed by atoms with Crippen molar-refractivity contribution in [2.45, 2.75) is 0 Å². The lowest BCUT2D eigenvalue weighted by atomic mass is 10.1. The van der Waals surface area contributed by atoms with Gasteiger partial charge in [-0.3, -0.25) is 4.79 Å². The van der Waals surface area contributed by atoms with Crippen LogP contribution in [0.3, 0.4) is 0 Å². The maximum atomic E-state index is 13.3. The number of aromatic amines is 1. The predicted molar refractivity (Wildman–Crippen MR) is 79.2 cm³/mol. The van der Waals surface area contributed by atoms with E-state index in [-0.39, 0.29) is 16.0 Å². The summed E-state index contributed by atoms with van der Waals surface area (Å²) < 4.78 is 13.3. The highest BCUT2D eigenvalue weighted by Crippen LogP contribution is 2.25. The van der Waals surface area contributed by atoms with Gasteiger partial charge >= 0.3 is 0 Å². The van der Waals surface area contributed by atoms with E-state index in [1.54, 1.807) is 0 Å². The van der Waals surface area contributed by atoms with Crippen LogP contribution in [-0.4, -0.2) is 43.1 Å². The third-order valence-corrected chi connectivity index (χ3v) is 4.02. The molecular formula is C14H15ClFN3O. The van der Waals surface area contributed by atoms with Crippen LogP contribution in [0.25, 0.3) is 10.8 Å². The van der Waals surface area contributed by atoms with E-state index in [4.69, 9.17) is 11.6 Å². The van der Waals surface area contributed by atoms with Gasteiger partial charge in [-0.05, 0) is 25.2 Å². The molecule has 1 aromatic heterocycles. The zero-order chi connectivity index (χ0) is 14.3. The lowest BCUT2D eigenvalue weighted by Gasteiger charge is -2.33. The summed E-state index contributed by atoms with van der Waals surface area (Å²) in [5.74, 6) is 0.240. The molecule has 0 bridgehead atoms. The fourth-order valence-corrected chi connectivity index (χ4v) is 2.75. The van der Waals surface area contributed by atoms with E-state index in [2.05, 4.69) is 21.8 Å². The number of hydrogen-bond acceptors (Lipinski definition) is 3. The number of hydrogen-bond donors (Lipinski definition) is 1. The number of halogens is 2. The molecule has 4 nitrogen and oxygen atoms in total. The number of benzene rings is 1. The Morgan fingerprint density at radius 1 is 1.15 bits per heavy atom. The van der Waals surface area contributed by atoms with E-state index in [0.717, 1.165) is 32.0 Å². The summed E-state index contributed by atoms with van der Waals surface area (Å²) in [5.41, 5.74) is -0.308. The summed E-state index contributed by atoms with van der Waals surface area (Å²) in [4.78, 5) is 19.3. The molecule has 106 valence electrons. The Labute approximate surface area is 120 Å². The van der Waals surface area contributed by atoms with Gasteiger partial charge in [-0.2, -0.15) is 0 Å². The highest BCUT2D eigenvalue weighted by atomic mass is 35.5. The highest BCUT2D eigenvalue weighted by Gasteiger charge is 2.16. The first-order valence-electron chi connectivity index (χ1n) is 6.50. The number of anilines is 1. The molecule has 2 aromatic rings. The summed E-state index contributed by atoms with van der Waals surface area (Å²) in [6.07, 6.45) is 0. The molecular weight excluding hydrogens is 281 g/mol. The Morgan fingerprint density at radius 3 is 2.55 bits per heavy atom. The van der Waals surface area contributed by atoms with Crippen molar-refractivity contribution in [2.24, 2.45) is 0 Å². The molecule has 2 heterocycles. The molecule has 0 saturated carbocycles. The van der Waals surface area contributed by atoms with E-state index in [9.17, 15) is 9.18 Å². The van der Waals surface area contributed by atoms with Crippen molar-refractivity contribution in [3.63, 3.8) is 0 Å². The highest BCUT2D eigenvalue weighted by molar-refractivity contribution is 6.35. The largest absolute Gasteiger partial charge is 0.356 e. The topological polar surface area (TPSA) is 39.3 Å². The molecule has 1 fully saturated rings. The third-order valence-electron chi connectivity index (χ3n) is 3.71. The van der Waals surface area contributed by atoms with E-state index < -0.39 is 5.82 Å². The van der Waals surface area contributed by atoms with Crippen molar-refractivity contribution in [3.05, 3.63) is 39.4 Å². The van der Waals surface area contributed by atoms with E-state index in [0.29, 0.717) is 5.39 Å². The summed E-state index contributed by atoms with van der Waals surface area (Å²) in [6, 6.07) is 4.27. The van der Waals surface area contributed by atoms with E-state index in [1.165, 1.54) is 12.1 Å². The van der Waals surface area contributed by atoms with Gasteiger partial charge in [0.15, 0.2) is 0 Å². The maximum absolute atomic E-state index is 13.3. The lowest BCUT2D eigenvalue weighted by molar-refractivity contribution is 0.312. The minimum absolute atomic E-state index is 0.265. The van der Waals surface area contributed by atoms with Crippen LogP contribution in [0.1, 0.15) is 0 Å². The summed E-state index contributed by atoms with van der Waals surface area (Å²) in [7, 11) is 2.07. The SMILES string of the molecule is CN1CCN(c2cc3c(Cl)cc(F)cc3c(=O)[nH]2)CC1. The van der Waals surface area contributed by atoms with Crippen LogP contribution in [0.15, 0.2) is 23.0 Å². The van der Waals surface area contributed by atoms with Crippen LogP contribution in [0, 0.1) is 5.82 Å². The quantitative estimate of drug-likeness (QED) is 0.875. The van der Waals surface area contributed by atoms with Gasteiger partial charge in [0.1, 0.15) is 11.6 Å². The van der Waals surface area contributed by atoms with Gasteiger partial charge in [-0.25, -0.2) is 4.39 Å². The second-order valence-corrected chi connectivity index (χ2v) is 5.53. The Kier molecular flexibility index (Phi) is 3.40. The monoisotopic (exact) mass is 295 g/mol. The van der Waals surface area contributed by atoms with Crippen molar-refractivity contribution in [1.29, 1.82) is 0 Å². The first kappa shape index (κ1) is 13.4. The number of aromatic nitrogens is 1. The molecule has 6 heteroatoms. The normalized spacial score (nSPS) is 16.9. The molecule has 0 radical (unpaired) electrons. The van der Waals surface area contributed by atoms with Gasteiger partial charge in [0, 0.05) is 31.6 Å². The van der Waals surface area contributed by atoms with Gasteiger partial charge in [0.25, 0.3) is 5.56 Å². The first-order valence-corrected chi connectivity index (χ1v) is 6.88. The zero-order valence-corrected chi connectivity index (χ0v) is 11.9. The molecule has 1 aliphatic heterocycles. The van der Waals surface area contributed by atoms with Crippen LogP contribution >= 0.6 is 11.6 Å². The summed E-state index contributed by atoms with van der Waals surface area (Å²) >= 11 is 6.05. The average molecular weight is 296 g/mol. The summed E-state index contributed by atoms with van der Waals surface area (Å²) in [5, 5.41) is 1.14. The average Bonchev–Trinajstić information content (AvgIpc) is 2.40. The molecule has 0 amide bonds. The maximum Gasteiger partial charge on any atom is 0.257 e. The van der Waals surface area contributed by atoms with Crippen molar-refractivity contribution in [2.75, 3.05) is 38.1 Å². The van der Waals surface area contributed by atoms with E-state index >= 15 is 0 Å². The molecule has 1 N–H and O–H groups in total. The molecule has 0 unspecified atom stereocenters. The number of pyridine rings is 1. The predicted octanol–water partition coefficient (Wildman–Crippen LogP) is 2.07. The second kappa shape index (κ2) is 5.07. The molecule has 1 saturated heterocycles. The van der Waals surface area contributed by atoms with Gasteiger partial charge in [-0.15, -0.1) is 0 Å². The Hall–Kier alpha value is -1.59. The molecule has 0 atom stereocenters. The smallest absolute Gasteiger partial charge is 0.257 e. The summed E-state index contributed by atoms with van der Waals surface area (Å²) in [6.45, 7) is 3.57. The molecule has 3 rings (SSSR count). The Balaban J connectivity index is 2.08. The number of piperazine rings is 1. The zero-order valence-electron chi connectivity index (χ0n) is 11.1. The minimum Gasteiger partial charge on any atom is -0.356 e. The van der Waals surface area contributed by atoms with Crippen molar-refractivity contribution in [1.82, 2.24) is 9.88 Å². The number of fused-ring (bicyclic) bond motifs is 1. The molecule has 1 aromatic carbocycles. The van der Waals surface area contributed by atoms with Crippen LogP contribution in [0.5, 0.6) is 0 Å². The fraction of sp³-hybridized carbons (Fsp3) is 0.357. The molecule has 0 spiro atoms. The van der Waals surface area contributed by atoms with Crippen LogP contribution < -0.4 is 10.5 Å².